The molecule has 2 rings (SSSR count). The van der Waals surface area contributed by atoms with Crippen LogP contribution in [0.15, 0.2) is 18.2 Å². The van der Waals surface area contributed by atoms with E-state index in [9.17, 15) is 15.0 Å². The number of phenolic OH excluding ortho intramolecular Hbond substituents is 2. The van der Waals surface area contributed by atoms with Crippen LogP contribution in [0.3, 0.4) is 0 Å². The molecule has 0 atom stereocenters. The van der Waals surface area contributed by atoms with E-state index in [0.717, 1.165) is 25.7 Å². The number of nitrogens with zero attached hydrogens (tertiary/aromatic N) is 1. The highest BCUT2D eigenvalue weighted by molar-refractivity contribution is 9.09. The summed E-state index contributed by atoms with van der Waals surface area (Å²) >= 11 is 3.38. The summed E-state index contributed by atoms with van der Waals surface area (Å²) in [6.45, 7) is 0.610. The van der Waals surface area contributed by atoms with E-state index >= 15 is 0 Å². The quantitative estimate of drug-likeness (QED) is 0.652. The van der Waals surface area contributed by atoms with Gasteiger partial charge in [-0.2, -0.15) is 0 Å². The monoisotopic (exact) mass is 341 g/mol. The normalized spacial score (nSPS) is 16.1. The number of rotatable bonds is 4. The Morgan fingerprint density at radius 1 is 1.25 bits per heavy atom. The molecule has 0 aromatic heterocycles. The fourth-order valence-corrected chi connectivity index (χ4v) is 3.17. The third-order valence-electron chi connectivity index (χ3n) is 3.85. The van der Waals surface area contributed by atoms with Gasteiger partial charge in [-0.15, -0.1) is 0 Å². The number of carbonyl (C=O) groups excluding carboxylic acids is 1. The lowest BCUT2D eigenvalue weighted by Gasteiger charge is -2.34. The zero-order valence-electron chi connectivity index (χ0n) is 11.4. The van der Waals surface area contributed by atoms with Gasteiger partial charge in [-0.05, 0) is 25.0 Å². The van der Waals surface area contributed by atoms with Crippen LogP contribution in [0.5, 0.6) is 11.5 Å². The van der Waals surface area contributed by atoms with Gasteiger partial charge in [-0.25, -0.2) is 0 Å². The summed E-state index contributed by atoms with van der Waals surface area (Å²) in [5.74, 6) is -0.782. The maximum Gasteiger partial charge on any atom is 0.258 e. The maximum absolute atomic E-state index is 12.6. The Hall–Kier alpha value is -1.23. The number of phenols is 2. The summed E-state index contributed by atoms with van der Waals surface area (Å²) in [5, 5.41) is 20.1. The van der Waals surface area contributed by atoms with Gasteiger partial charge in [0.05, 0.1) is 5.56 Å². The lowest BCUT2D eigenvalue weighted by Crippen LogP contribution is -2.42. The molecule has 1 aromatic rings. The third kappa shape index (κ3) is 3.26. The molecule has 1 saturated carbocycles. The number of para-hydroxylation sites is 1. The molecule has 4 nitrogen and oxygen atoms in total. The zero-order chi connectivity index (χ0) is 14.5. The molecule has 0 unspecified atom stereocenters. The van der Waals surface area contributed by atoms with Crippen LogP contribution in [0.1, 0.15) is 42.5 Å². The first kappa shape index (κ1) is 15.2. The van der Waals surface area contributed by atoms with E-state index in [1.807, 2.05) is 4.90 Å². The average Bonchev–Trinajstić information content (AvgIpc) is 2.48. The van der Waals surface area contributed by atoms with Crippen LogP contribution >= 0.6 is 15.9 Å². The molecule has 20 heavy (non-hydrogen) atoms. The second-order valence-corrected chi connectivity index (χ2v) is 5.95. The molecule has 1 aliphatic carbocycles. The first-order valence-corrected chi connectivity index (χ1v) is 8.15. The second kappa shape index (κ2) is 6.97. The van der Waals surface area contributed by atoms with E-state index in [1.165, 1.54) is 12.5 Å². The van der Waals surface area contributed by atoms with Crippen LogP contribution in [0.25, 0.3) is 0 Å². The average molecular weight is 342 g/mol. The number of alkyl halides is 1. The highest BCUT2D eigenvalue weighted by Gasteiger charge is 2.27. The number of aromatic hydroxyl groups is 2. The van der Waals surface area contributed by atoms with E-state index in [0.29, 0.717) is 11.9 Å². The van der Waals surface area contributed by atoms with Gasteiger partial charge in [0, 0.05) is 17.9 Å². The molecule has 0 bridgehead atoms. The lowest BCUT2D eigenvalue weighted by molar-refractivity contribution is 0.0647. The summed E-state index contributed by atoms with van der Waals surface area (Å²) < 4.78 is 0. The number of benzene rings is 1. The Labute approximate surface area is 127 Å². The predicted molar refractivity (Wildman–Crippen MR) is 81.5 cm³/mol. The maximum atomic E-state index is 12.6. The SMILES string of the molecule is O=C(c1cccc(O)c1O)N(CCBr)C1CCCCC1. The van der Waals surface area contributed by atoms with E-state index < -0.39 is 0 Å². The van der Waals surface area contributed by atoms with E-state index in [4.69, 9.17) is 0 Å². The predicted octanol–water partition coefficient (Wildman–Crippen LogP) is 3.27. The number of carbonyl (C=O) groups is 1. The van der Waals surface area contributed by atoms with Gasteiger partial charge < -0.3 is 15.1 Å². The molecular weight excluding hydrogens is 322 g/mol. The van der Waals surface area contributed by atoms with Crippen molar-refractivity contribution >= 4 is 21.8 Å². The zero-order valence-corrected chi connectivity index (χ0v) is 13.0. The molecule has 1 fully saturated rings. The Bertz CT molecular complexity index is 472. The molecule has 1 aromatic carbocycles. The second-order valence-electron chi connectivity index (χ2n) is 5.15. The molecular formula is C15H20BrNO3. The van der Waals surface area contributed by atoms with Crippen molar-refractivity contribution in [2.45, 2.75) is 38.1 Å². The van der Waals surface area contributed by atoms with Crippen molar-refractivity contribution < 1.29 is 15.0 Å². The van der Waals surface area contributed by atoms with Crippen molar-refractivity contribution in [1.82, 2.24) is 4.90 Å². The van der Waals surface area contributed by atoms with E-state index in [-0.39, 0.29) is 29.0 Å². The molecule has 0 spiro atoms. The molecule has 110 valence electrons. The van der Waals surface area contributed by atoms with Crippen molar-refractivity contribution in [3.8, 4) is 11.5 Å². The minimum absolute atomic E-state index is 0.177. The largest absolute Gasteiger partial charge is 0.504 e. The molecule has 1 aliphatic rings. The van der Waals surface area contributed by atoms with Crippen LogP contribution in [-0.4, -0.2) is 38.9 Å². The Morgan fingerprint density at radius 2 is 1.95 bits per heavy atom. The van der Waals surface area contributed by atoms with Crippen LogP contribution in [0.4, 0.5) is 0 Å². The lowest BCUT2D eigenvalue weighted by atomic mass is 9.93. The standard InChI is InChI=1S/C15H20BrNO3/c16-9-10-17(11-5-2-1-3-6-11)15(20)12-7-4-8-13(18)14(12)19/h4,7-8,11,18-19H,1-3,5-6,9-10H2. The topological polar surface area (TPSA) is 60.8 Å². The number of amides is 1. The van der Waals surface area contributed by atoms with Crippen molar-refractivity contribution in [1.29, 1.82) is 0 Å². The highest BCUT2D eigenvalue weighted by atomic mass is 79.9. The Morgan fingerprint density at radius 3 is 2.60 bits per heavy atom. The highest BCUT2D eigenvalue weighted by Crippen LogP contribution is 2.31. The first-order chi connectivity index (χ1) is 9.65. The minimum Gasteiger partial charge on any atom is -0.504 e. The van der Waals surface area contributed by atoms with Crippen molar-refractivity contribution in [3.05, 3.63) is 23.8 Å². The van der Waals surface area contributed by atoms with Gasteiger partial charge in [-0.3, -0.25) is 4.79 Å². The Kier molecular flexibility index (Phi) is 5.29. The van der Waals surface area contributed by atoms with E-state index in [2.05, 4.69) is 15.9 Å². The molecule has 0 radical (unpaired) electrons. The number of halogens is 1. The van der Waals surface area contributed by atoms with E-state index in [1.54, 1.807) is 12.1 Å². The van der Waals surface area contributed by atoms with Crippen LogP contribution in [-0.2, 0) is 0 Å². The summed E-state index contributed by atoms with van der Waals surface area (Å²) in [4.78, 5) is 14.5. The summed E-state index contributed by atoms with van der Waals surface area (Å²) in [7, 11) is 0. The van der Waals surface area contributed by atoms with Gasteiger partial charge in [0.1, 0.15) is 0 Å². The van der Waals surface area contributed by atoms with Gasteiger partial charge >= 0.3 is 0 Å². The fraction of sp³-hybridized carbons (Fsp3) is 0.533. The number of hydrogen-bond acceptors (Lipinski definition) is 3. The minimum atomic E-state index is -0.326. The number of hydrogen-bond donors (Lipinski definition) is 2. The van der Waals surface area contributed by atoms with Gasteiger partial charge in [0.15, 0.2) is 11.5 Å². The molecule has 2 N–H and O–H groups in total. The molecule has 0 aliphatic heterocycles. The fourth-order valence-electron chi connectivity index (χ4n) is 2.79. The summed E-state index contributed by atoms with van der Waals surface area (Å²) in [5.41, 5.74) is 0.177. The van der Waals surface area contributed by atoms with Gasteiger partial charge in [0.25, 0.3) is 5.91 Å². The summed E-state index contributed by atoms with van der Waals surface area (Å²) in [6, 6.07) is 4.74. The van der Waals surface area contributed by atoms with Gasteiger partial charge in [-0.1, -0.05) is 41.3 Å². The van der Waals surface area contributed by atoms with Crippen molar-refractivity contribution in [2.24, 2.45) is 0 Å². The van der Waals surface area contributed by atoms with Crippen molar-refractivity contribution in [2.75, 3.05) is 11.9 Å². The van der Waals surface area contributed by atoms with Crippen LogP contribution < -0.4 is 0 Å². The molecule has 1 amide bonds. The third-order valence-corrected chi connectivity index (χ3v) is 4.20. The molecule has 0 saturated heterocycles. The Balaban J connectivity index is 2.23. The van der Waals surface area contributed by atoms with Crippen LogP contribution in [0.2, 0.25) is 0 Å². The van der Waals surface area contributed by atoms with Crippen molar-refractivity contribution in [3.63, 3.8) is 0 Å². The van der Waals surface area contributed by atoms with Gasteiger partial charge in [0.2, 0.25) is 0 Å². The molecule has 0 heterocycles. The first-order valence-electron chi connectivity index (χ1n) is 7.03. The van der Waals surface area contributed by atoms with Crippen LogP contribution in [0, 0.1) is 0 Å². The smallest absolute Gasteiger partial charge is 0.258 e. The molecule has 5 heteroatoms. The summed E-state index contributed by atoms with van der Waals surface area (Å²) in [6.07, 6.45) is 5.53.